The molecule has 1 saturated heterocycles. The Labute approximate surface area is 220 Å². The Kier molecular flexibility index (Phi) is 7.06. The van der Waals surface area contributed by atoms with Gasteiger partial charge >= 0.3 is 17.8 Å². The summed E-state index contributed by atoms with van der Waals surface area (Å²) in [5.74, 6) is -3.07. The Bertz CT molecular complexity index is 1460. The van der Waals surface area contributed by atoms with Gasteiger partial charge in [0.2, 0.25) is 5.91 Å². The molecule has 2 amide bonds. The molecule has 2 N–H and O–H groups in total. The maximum absolute atomic E-state index is 12.9. The quantitative estimate of drug-likeness (QED) is 0.491. The van der Waals surface area contributed by atoms with Crippen molar-refractivity contribution < 1.29 is 32.4 Å². The number of carbonyl (C=O) groups is 3. The van der Waals surface area contributed by atoms with E-state index in [2.05, 4.69) is 15.1 Å². The van der Waals surface area contributed by atoms with E-state index in [0.29, 0.717) is 25.9 Å². The monoisotopic (exact) mass is 545 g/mol. The summed E-state index contributed by atoms with van der Waals surface area (Å²) in [5, 5.41) is 3.31. The van der Waals surface area contributed by atoms with Gasteiger partial charge in [-0.15, -0.1) is 0 Å². The summed E-state index contributed by atoms with van der Waals surface area (Å²) >= 11 is 0. The number of amides is 2. The molecule has 1 unspecified atom stereocenters. The average Bonchev–Trinajstić information content (AvgIpc) is 3.25. The first-order chi connectivity index (χ1) is 18.6. The number of H-pyrrole nitrogens is 1. The molecule has 1 atom stereocenters. The second kappa shape index (κ2) is 10.5. The molecule has 5 rings (SSSR count). The molecule has 0 saturated carbocycles. The summed E-state index contributed by atoms with van der Waals surface area (Å²) in [6.07, 6.45) is -4.71. The van der Waals surface area contributed by atoms with Gasteiger partial charge < -0.3 is 20.0 Å². The number of nitrogens with zero attached hydrogens (tertiary/aromatic N) is 3. The van der Waals surface area contributed by atoms with Gasteiger partial charge in [0.25, 0.3) is 5.91 Å². The summed E-state index contributed by atoms with van der Waals surface area (Å²) in [7, 11) is 0. The van der Waals surface area contributed by atoms with E-state index in [0.717, 1.165) is 16.1 Å². The lowest BCUT2D eigenvalue weighted by molar-refractivity contribution is -0.202. The third-order valence-electron chi connectivity index (χ3n) is 7.05. The molecule has 1 fully saturated rings. The Balaban J connectivity index is 1.19. The highest BCUT2D eigenvalue weighted by Crippen LogP contribution is 2.30. The van der Waals surface area contributed by atoms with E-state index >= 15 is 0 Å². The Morgan fingerprint density at radius 3 is 2.44 bits per heavy atom. The number of halogens is 3. The number of imidazole rings is 1. The molecule has 2 aliphatic rings. The standard InChI is InChI=1S/C26H26F3N5O5/c27-26(28,29)24(37)39-34-19-8-3-1-6-17(19)23(36)31-21(34)10-5-11-22(35)32-14-12-16(13-15-32)33-20-9-4-2-7-18(20)30-25(33)38/h1-4,6-9,16,21H,5,10-15H2,(H,30,38)(H,31,36). The van der Waals surface area contributed by atoms with Crippen LogP contribution in [0.4, 0.5) is 18.9 Å². The number of rotatable bonds is 6. The number of para-hydroxylation sites is 3. The highest BCUT2D eigenvalue weighted by molar-refractivity contribution is 6.02. The lowest BCUT2D eigenvalue weighted by Crippen LogP contribution is -2.54. The van der Waals surface area contributed by atoms with Crippen molar-refractivity contribution >= 4 is 34.5 Å². The predicted molar refractivity (Wildman–Crippen MR) is 134 cm³/mol. The molecule has 3 heterocycles. The van der Waals surface area contributed by atoms with E-state index in [1.54, 1.807) is 15.5 Å². The zero-order valence-corrected chi connectivity index (χ0v) is 20.7. The molecule has 10 nitrogen and oxygen atoms in total. The molecule has 0 aliphatic carbocycles. The van der Waals surface area contributed by atoms with E-state index in [4.69, 9.17) is 0 Å². The van der Waals surface area contributed by atoms with Crippen LogP contribution < -0.4 is 16.1 Å². The number of hydroxylamine groups is 1. The number of alkyl halides is 3. The number of hydrogen-bond acceptors (Lipinski definition) is 6. The van der Waals surface area contributed by atoms with Crippen molar-refractivity contribution in [3.63, 3.8) is 0 Å². The molecule has 2 aromatic carbocycles. The van der Waals surface area contributed by atoms with E-state index in [9.17, 15) is 32.3 Å². The molecule has 1 aromatic heterocycles. The molecule has 0 spiro atoms. The molecule has 0 radical (unpaired) electrons. The number of fused-ring (bicyclic) bond motifs is 2. The van der Waals surface area contributed by atoms with Crippen LogP contribution in [0.15, 0.2) is 53.3 Å². The zero-order chi connectivity index (χ0) is 27.7. The van der Waals surface area contributed by atoms with Crippen LogP contribution in [0.3, 0.4) is 0 Å². The number of aromatic amines is 1. The fourth-order valence-corrected chi connectivity index (χ4v) is 5.17. The molecule has 3 aromatic rings. The highest BCUT2D eigenvalue weighted by Gasteiger charge is 2.45. The maximum Gasteiger partial charge on any atom is 0.493 e. The van der Waals surface area contributed by atoms with Crippen molar-refractivity contribution in [2.45, 2.75) is 50.5 Å². The molecular formula is C26H26F3N5O5. The fraction of sp³-hybridized carbons (Fsp3) is 0.385. The number of likely N-dealkylation sites (tertiary alicyclic amines) is 1. The minimum absolute atomic E-state index is 0.0322. The second-order valence-corrected chi connectivity index (χ2v) is 9.53. The molecule has 39 heavy (non-hydrogen) atoms. The van der Waals surface area contributed by atoms with Gasteiger partial charge in [-0.3, -0.25) is 14.2 Å². The van der Waals surface area contributed by atoms with Crippen LogP contribution in [0, 0.1) is 0 Å². The normalized spacial score (nSPS) is 18.1. The number of hydrogen-bond donors (Lipinski definition) is 2. The lowest BCUT2D eigenvalue weighted by atomic mass is 10.0. The number of carbonyl (C=O) groups excluding carboxylic acids is 3. The first-order valence-corrected chi connectivity index (χ1v) is 12.6. The molecule has 13 heteroatoms. The number of aromatic nitrogens is 2. The van der Waals surface area contributed by atoms with Crippen molar-refractivity contribution in [3.8, 4) is 0 Å². The van der Waals surface area contributed by atoms with Gasteiger partial charge in [-0.25, -0.2) is 9.59 Å². The Morgan fingerprint density at radius 2 is 1.69 bits per heavy atom. The van der Waals surface area contributed by atoms with Crippen molar-refractivity contribution in [1.82, 2.24) is 19.8 Å². The first-order valence-electron chi connectivity index (χ1n) is 12.6. The molecular weight excluding hydrogens is 519 g/mol. The SMILES string of the molecule is O=C1NC(CCCC(=O)N2CCC(n3c(=O)[nH]c4ccccc43)CC2)N(OC(=O)C(F)(F)F)c2ccccc21. The third kappa shape index (κ3) is 5.33. The second-order valence-electron chi connectivity index (χ2n) is 9.53. The summed E-state index contributed by atoms with van der Waals surface area (Å²) in [5.41, 5.74) is 1.49. The third-order valence-corrected chi connectivity index (χ3v) is 7.05. The van der Waals surface area contributed by atoms with Crippen LogP contribution >= 0.6 is 0 Å². The average molecular weight is 546 g/mol. The minimum atomic E-state index is -5.22. The molecule has 2 aliphatic heterocycles. The van der Waals surface area contributed by atoms with Gasteiger partial charge in [0.1, 0.15) is 6.17 Å². The fourth-order valence-electron chi connectivity index (χ4n) is 5.17. The van der Waals surface area contributed by atoms with E-state index < -0.39 is 24.2 Å². The smallest absolute Gasteiger partial charge is 0.343 e. The van der Waals surface area contributed by atoms with Crippen molar-refractivity contribution in [3.05, 3.63) is 64.6 Å². The maximum atomic E-state index is 12.9. The van der Waals surface area contributed by atoms with E-state index in [1.807, 2.05) is 24.3 Å². The van der Waals surface area contributed by atoms with Crippen LogP contribution in [-0.4, -0.2) is 57.7 Å². The first kappa shape index (κ1) is 26.3. The van der Waals surface area contributed by atoms with Gasteiger partial charge in [0, 0.05) is 25.6 Å². The van der Waals surface area contributed by atoms with E-state index in [1.165, 1.54) is 18.2 Å². The molecule has 0 bridgehead atoms. The predicted octanol–water partition coefficient (Wildman–Crippen LogP) is 3.26. The Hall–Kier alpha value is -4.29. The van der Waals surface area contributed by atoms with Crippen LogP contribution in [0.1, 0.15) is 48.5 Å². The largest absolute Gasteiger partial charge is 0.493 e. The number of piperidine rings is 1. The number of benzene rings is 2. The minimum Gasteiger partial charge on any atom is -0.343 e. The van der Waals surface area contributed by atoms with Gasteiger partial charge in [0.05, 0.1) is 22.3 Å². The van der Waals surface area contributed by atoms with E-state index in [-0.39, 0.29) is 48.2 Å². The van der Waals surface area contributed by atoms with Crippen molar-refractivity contribution in [2.75, 3.05) is 18.2 Å². The van der Waals surface area contributed by atoms with Gasteiger partial charge in [0.15, 0.2) is 0 Å². The summed E-state index contributed by atoms with van der Waals surface area (Å²) in [4.78, 5) is 58.6. The lowest BCUT2D eigenvalue weighted by Gasteiger charge is -2.37. The summed E-state index contributed by atoms with van der Waals surface area (Å²) in [6, 6.07) is 13.2. The van der Waals surface area contributed by atoms with Crippen LogP contribution in [0.25, 0.3) is 11.0 Å². The van der Waals surface area contributed by atoms with Crippen LogP contribution in [-0.2, 0) is 14.4 Å². The molecule has 206 valence electrons. The van der Waals surface area contributed by atoms with Crippen molar-refractivity contribution in [2.24, 2.45) is 0 Å². The topological polar surface area (TPSA) is 117 Å². The Morgan fingerprint density at radius 1 is 1.00 bits per heavy atom. The summed E-state index contributed by atoms with van der Waals surface area (Å²) in [6.45, 7) is 0.913. The van der Waals surface area contributed by atoms with Crippen LogP contribution in [0.5, 0.6) is 0 Å². The van der Waals surface area contributed by atoms with Gasteiger partial charge in [-0.05, 0) is 49.9 Å². The zero-order valence-electron chi connectivity index (χ0n) is 20.7. The van der Waals surface area contributed by atoms with Gasteiger partial charge in [-0.1, -0.05) is 24.3 Å². The summed E-state index contributed by atoms with van der Waals surface area (Å²) < 4.78 is 40.4. The van der Waals surface area contributed by atoms with Crippen LogP contribution in [0.2, 0.25) is 0 Å². The number of anilines is 1. The highest BCUT2D eigenvalue weighted by atomic mass is 19.4. The number of nitrogens with one attached hydrogen (secondary N) is 2. The van der Waals surface area contributed by atoms with Crippen molar-refractivity contribution in [1.29, 1.82) is 0 Å². The van der Waals surface area contributed by atoms with Gasteiger partial charge in [-0.2, -0.15) is 18.2 Å².